The number of unbranched alkanes of at least 4 members (excludes halogenated alkanes) is 10. The summed E-state index contributed by atoms with van der Waals surface area (Å²) < 4.78 is 11.4. The minimum atomic E-state index is -0.140. The number of benzene rings is 2. The Morgan fingerprint density at radius 3 is 1.21 bits per heavy atom. The van der Waals surface area contributed by atoms with Gasteiger partial charge in [0.1, 0.15) is 13.2 Å². The van der Waals surface area contributed by atoms with E-state index in [-0.39, 0.29) is 25.2 Å². The first-order valence-electron chi connectivity index (χ1n) is 19.4. The third-order valence-corrected chi connectivity index (χ3v) is 9.06. The fourth-order valence-electron chi connectivity index (χ4n) is 6.02. The van der Waals surface area contributed by atoms with Crippen molar-refractivity contribution in [3.63, 3.8) is 0 Å². The van der Waals surface area contributed by atoms with Crippen LogP contribution in [0.5, 0.6) is 0 Å². The maximum Gasteiger partial charge on any atom is 0.307 e. The Kier molecular flexibility index (Phi) is 23.5. The summed E-state index contributed by atoms with van der Waals surface area (Å²) >= 11 is 0. The maximum atomic E-state index is 12.7. The highest BCUT2D eigenvalue weighted by Gasteiger charge is 2.12. The van der Waals surface area contributed by atoms with E-state index in [0.29, 0.717) is 12.8 Å². The van der Waals surface area contributed by atoms with Crippen LogP contribution in [0.15, 0.2) is 48.5 Å². The van der Waals surface area contributed by atoms with Crippen LogP contribution in [0.4, 0.5) is 0 Å². The lowest BCUT2D eigenvalue weighted by Gasteiger charge is -2.22. The smallest absolute Gasteiger partial charge is 0.307 e. The van der Waals surface area contributed by atoms with Crippen molar-refractivity contribution < 1.29 is 19.1 Å². The molecule has 0 atom stereocenters. The first-order chi connectivity index (χ1) is 23.5. The molecule has 0 fully saturated rings. The zero-order valence-corrected chi connectivity index (χ0v) is 31.1. The van der Waals surface area contributed by atoms with Crippen molar-refractivity contribution in [2.24, 2.45) is 0 Å². The molecule has 6 nitrogen and oxygen atoms in total. The molecule has 0 aliphatic carbocycles. The van der Waals surface area contributed by atoms with Gasteiger partial charge in [-0.25, -0.2) is 0 Å². The van der Waals surface area contributed by atoms with Gasteiger partial charge in [-0.2, -0.15) is 0 Å². The van der Waals surface area contributed by atoms with Crippen molar-refractivity contribution in [2.75, 3.05) is 39.3 Å². The van der Waals surface area contributed by atoms with Crippen molar-refractivity contribution in [1.82, 2.24) is 9.80 Å². The van der Waals surface area contributed by atoms with Crippen LogP contribution in [0.25, 0.3) is 11.1 Å². The van der Waals surface area contributed by atoms with Crippen LogP contribution < -0.4 is 0 Å². The third-order valence-electron chi connectivity index (χ3n) is 9.06. The summed E-state index contributed by atoms with van der Waals surface area (Å²) in [7, 11) is 0. The molecule has 2 aromatic rings. The molecule has 6 heteroatoms. The van der Waals surface area contributed by atoms with Crippen molar-refractivity contribution in [1.29, 1.82) is 0 Å². The lowest BCUT2D eigenvalue weighted by atomic mass is 10.0. The molecule has 0 unspecified atom stereocenters. The minimum Gasteiger partial charge on any atom is -0.461 e. The molecule has 0 radical (unpaired) electrons. The Labute approximate surface area is 294 Å². The largest absolute Gasteiger partial charge is 0.461 e. The van der Waals surface area contributed by atoms with Gasteiger partial charge in [-0.05, 0) is 86.2 Å². The lowest BCUT2D eigenvalue weighted by Crippen LogP contribution is -2.29. The van der Waals surface area contributed by atoms with Gasteiger partial charge in [0, 0.05) is 13.1 Å². The summed E-state index contributed by atoms with van der Waals surface area (Å²) in [5.74, 6) is -0.280. The molecule has 0 saturated carbocycles. The van der Waals surface area contributed by atoms with Crippen molar-refractivity contribution in [3.05, 3.63) is 59.7 Å². The van der Waals surface area contributed by atoms with Gasteiger partial charge in [-0.3, -0.25) is 9.59 Å². The minimum absolute atomic E-state index is 0.140. The second-order valence-electron chi connectivity index (χ2n) is 13.4. The molecule has 2 rings (SSSR count). The monoisotopic (exact) mass is 665 g/mol. The Morgan fingerprint density at radius 2 is 0.833 bits per heavy atom. The van der Waals surface area contributed by atoms with Crippen LogP contribution in [0.1, 0.15) is 142 Å². The molecule has 0 aliphatic rings. The molecule has 270 valence electrons. The number of hydrogen-bond donors (Lipinski definition) is 0. The average Bonchev–Trinajstić information content (AvgIpc) is 3.11. The highest BCUT2D eigenvalue weighted by atomic mass is 16.5. The number of nitrogens with zero attached hydrogens (tertiary/aromatic N) is 2. The van der Waals surface area contributed by atoms with Crippen molar-refractivity contribution in [3.8, 4) is 11.1 Å². The zero-order chi connectivity index (χ0) is 34.7. The Balaban J connectivity index is 1.83. The summed E-state index contributed by atoms with van der Waals surface area (Å²) in [6.45, 7) is 15.3. The van der Waals surface area contributed by atoms with Gasteiger partial charge < -0.3 is 19.3 Å². The molecule has 0 amide bonds. The fraction of sp³-hybridized carbons (Fsp3) is 0.667. The molecule has 0 bridgehead atoms. The van der Waals surface area contributed by atoms with Gasteiger partial charge in [0.2, 0.25) is 0 Å². The quantitative estimate of drug-likeness (QED) is 0.0637. The van der Waals surface area contributed by atoms with Crippen LogP contribution >= 0.6 is 0 Å². The van der Waals surface area contributed by atoms with E-state index < -0.39 is 0 Å². The predicted octanol–water partition coefficient (Wildman–Crippen LogP) is 10.4. The number of rotatable bonds is 29. The van der Waals surface area contributed by atoms with Gasteiger partial charge >= 0.3 is 11.9 Å². The van der Waals surface area contributed by atoms with E-state index in [9.17, 15) is 9.59 Å². The molecular formula is C42H68N2O4. The van der Waals surface area contributed by atoms with Crippen molar-refractivity contribution in [2.45, 2.75) is 144 Å². The topological polar surface area (TPSA) is 59.1 Å². The van der Waals surface area contributed by atoms with Gasteiger partial charge in [-0.15, -0.1) is 0 Å². The molecular weight excluding hydrogens is 596 g/mol. The Hall–Kier alpha value is -2.70. The summed E-state index contributed by atoms with van der Waals surface area (Å²) in [5.41, 5.74) is 4.04. The summed E-state index contributed by atoms with van der Waals surface area (Å²) in [4.78, 5) is 30.2. The van der Waals surface area contributed by atoms with Gasteiger partial charge in [0.05, 0.1) is 12.8 Å². The Morgan fingerprint density at radius 1 is 0.479 bits per heavy atom. The second-order valence-corrected chi connectivity index (χ2v) is 13.4. The lowest BCUT2D eigenvalue weighted by molar-refractivity contribution is -0.146. The standard InChI is InChI=1S/C42H68N2O4/c1-5-9-13-17-29-43(27-15-11-7-3)31-25-41(45)47-35-37-21-19-23-39(33-37)40-24-20-22-38(34-40)36-48-42(46)26-32-44(28-16-12-8-4)30-18-14-10-6-2/h19-24,33-34H,5-18,25-32,35-36H2,1-4H3. The van der Waals surface area contributed by atoms with Crippen molar-refractivity contribution >= 4 is 11.9 Å². The summed E-state index contributed by atoms with van der Waals surface area (Å²) in [6, 6.07) is 16.3. The van der Waals surface area contributed by atoms with E-state index in [1.807, 2.05) is 24.3 Å². The number of esters is 2. The van der Waals surface area contributed by atoms with Crippen LogP contribution in [0.3, 0.4) is 0 Å². The van der Waals surface area contributed by atoms with E-state index in [4.69, 9.17) is 9.47 Å². The number of ether oxygens (including phenoxy) is 2. The molecule has 48 heavy (non-hydrogen) atoms. The Bertz CT molecular complexity index is 1030. The maximum absolute atomic E-state index is 12.7. The molecule has 0 spiro atoms. The van der Waals surface area contributed by atoms with Gasteiger partial charge in [0.25, 0.3) is 0 Å². The summed E-state index contributed by atoms with van der Waals surface area (Å²) in [5, 5.41) is 0. The number of carbonyl (C=O) groups is 2. The normalized spacial score (nSPS) is 11.4. The predicted molar refractivity (Wildman–Crippen MR) is 201 cm³/mol. The molecule has 0 aromatic heterocycles. The first kappa shape index (κ1) is 41.5. The summed E-state index contributed by atoms with van der Waals surface area (Å²) in [6.07, 6.45) is 18.1. The van der Waals surface area contributed by atoms with Gasteiger partial charge in [-0.1, -0.05) is 128 Å². The van der Waals surface area contributed by atoms with Crippen LogP contribution in [0.2, 0.25) is 0 Å². The van der Waals surface area contributed by atoms with E-state index in [0.717, 1.165) is 61.5 Å². The van der Waals surface area contributed by atoms with Crippen LogP contribution in [-0.4, -0.2) is 61.0 Å². The third kappa shape index (κ3) is 19.3. The van der Waals surface area contributed by atoms with E-state index in [1.54, 1.807) is 0 Å². The second kappa shape index (κ2) is 27.2. The molecule has 0 aliphatic heterocycles. The first-order valence-corrected chi connectivity index (χ1v) is 19.4. The fourth-order valence-corrected chi connectivity index (χ4v) is 6.02. The number of carbonyl (C=O) groups excluding carboxylic acids is 2. The molecule has 0 heterocycles. The highest BCUT2D eigenvalue weighted by molar-refractivity contribution is 5.70. The van der Waals surface area contributed by atoms with Gasteiger partial charge in [0.15, 0.2) is 0 Å². The van der Waals surface area contributed by atoms with Crippen LogP contribution in [0, 0.1) is 0 Å². The molecule has 0 N–H and O–H groups in total. The number of hydrogen-bond acceptors (Lipinski definition) is 6. The molecule has 0 saturated heterocycles. The molecule has 2 aromatic carbocycles. The van der Waals surface area contributed by atoms with E-state index in [1.165, 1.54) is 89.9 Å². The van der Waals surface area contributed by atoms with Crippen LogP contribution in [-0.2, 0) is 32.3 Å². The SMILES string of the molecule is CCCCCCN(CCCCC)CCC(=O)OCc1cccc(-c2cccc(COC(=O)CCN(CCCCC)CCCCCC)c2)c1. The highest BCUT2D eigenvalue weighted by Crippen LogP contribution is 2.23. The van der Waals surface area contributed by atoms with E-state index in [2.05, 4.69) is 61.8 Å². The zero-order valence-electron chi connectivity index (χ0n) is 31.1. The van der Waals surface area contributed by atoms with E-state index >= 15 is 0 Å². The average molecular weight is 665 g/mol.